The summed E-state index contributed by atoms with van der Waals surface area (Å²) in [4.78, 5) is 4.15. The second-order valence-corrected chi connectivity index (χ2v) is 5.13. The molecule has 3 heteroatoms. The fourth-order valence-electron chi connectivity index (χ4n) is 2.70. The summed E-state index contributed by atoms with van der Waals surface area (Å²) < 4.78 is 0. The fourth-order valence-corrected chi connectivity index (χ4v) is 2.70. The lowest BCUT2D eigenvalue weighted by Crippen LogP contribution is -2.25. The van der Waals surface area contributed by atoms with Gasteiger partial charge in [-0.3, -0.25) is 4.98 Å². The zero-order valence-corrected chi connectivity index (χ0v) is 12.0. The van der Waals surface area contributed by atoms with Crippen LogP contribution in [0.3, 0.4) is 0 Å². The van der Waals surface area contributed by atoms with Crippen molar-refractivity contribution in [2.75, 3.05) is 11.1 Å². The van der Waals surface area contributed by atoms with Gasteiger partial charge < -0.3 is 11.1 Å². The van der Waals surface area contributed by atoms with Crippen molar-refractivity contribution in [3.8, 4) is 0 Å². The van der Waals surface area contributed by atoms with E-state index < -0.39 is 0 Å². The van der Waals surface area contributed by atoms with Gasteiger partial charge in [-0.1, -0.05) is 26.7 Å². The summed E-state index contributed by atoms with van der Waals surface area (Å²) in [5, 5.41) is 5.79. The molecule has 2 rings (SSSR count). The summed E-state index contributed by atoms with van der Waals surface area (Å²) >= 11 is 0. The molecule has 0 fully saturated rings. The molecule has 0 saturated heterocycles. The van der Waals surface area contributed by atoms with Gasteiger partial charge >= 0.3 is 0 Å². The number of nitrogens with one attached hydrogen (secondary N) is 1. The van der Waals surface area contributed by atoms with Crippen LogP contribution in [-0.4, -0.2) is 11.0 Å². The predicted octanol–water partition coefficient (Wildman–Crippen LogP) is 4.05. The average molecular weight is 257 g/mol. The predicted molar refractivity (Wildman–Crippen MR) is 83.3 cm³/mol. The van der Waals surface area contributed by atoms with E-state index in [-0.39, 0.29) is 0 Å². The number of nitrogen functional groups attached to an aromatic ring is 1. The smallest absolute Gasteiger partial charge is 0.0424 e. The molecule has 0 spiro atoms. The van der Waals surface area contributed by atoms with Crippen LogP contribution in [0.15, 0.2) is 30.6 Å². The molecule has 0 saturated carbocycles. The molecular formula is C16H23N3. The van der Waals surface area contributed by atoms with Crippen LogP contribution < -0.4 is 11.1 Å². The first-order chi connectivity index (χ1) is 9.17. The van der Waals surface area contributed by atoms with Crippen molar-refractivity contribution < 1.29 is 0 Å². The third-order valence-electron chi connectivity index (χ3n) is 3.99. The van der Waals surface area contributed by atoms with Gasteiger partial charge in [0.1, 0.15) is 0 Å². The molecule has 0 aliphatic carbocycles. The molecule has 0 bridgehead atoms. The van der Waals surface area contributed by atoms with E-state index in [9.17, 15) is 0 Å². The van der Waals surface area contributed by atoms with Crippen molar-refractivity contribution in [1.29, 1.82) is 0 Å². The Hall–Kier alpha value is -1.77. The number of nitrogens with two attached hydrogens (primary N) is 1. The number of nitrogens with zero attached hydrogens (tertiary/aromatic N) is 1. The number of fused-ring (bicyclic) bond motifs is 1. The number of hydrogen-bond acceptors (Lipinski definition) is 3. The van der Waals surface area contributed by atoms with Crippen molar-refractivity contribution in [2.45, 2.75) is 39.7 Å². The summed E-state index contributed by atoms with van der Waals surface area (Å²) in [5.41, 5.74) is 7.93. The van der Waals surface area contributed by atoms with Crippen molar-refractivity contribution in [1.82, 2.24) is 4.98 Å². The summed E-state index contributed by atoms with van der Waals surface area (Å²) in [6.45, 7) is 6.75. The van der Waals surface area contributed by atoms with Crippen LogP contribution in [0.25, 0.3) is 10.8 Å². The number of benzene rings is 1. The van der Waals surface area contributed by atoms with Crippen LogP contribution in [0.5, 0.6) is 0 Å². The largest absolute Gasteiger partial charge is 0.398 e. The first-order valence-corrected chi connectivity index (χ1v) is 7.06. The Labute approximate surface area is 115 Å². The van der Waals surface area contributed by atoms with Gasteiger partial charge in [0.25, 0.3) is 0 Å². The summed E-state index contributed by atoms with van der Waals surface area (Å²) in [7, 11) is 0. The van der Waals surface area contributed by atoms with E-state index in [2.05, 4.69) is 37.1 Å². The minimum Gasteiger partial charge on any atom is -0.398 e. The zero-order chi connectivity index (χ0) is 13.8. The minimum atomic E-state index is 0.454. The monoisotopic (exact) mass is 257 g/mol. The second-order valence-electron chi connectivity index (χ2n) is 5.13. The number of pyridine rings is 1. The molecule has 0 amide bonds. The number of hydrogen-bond donors (Lipinski definition) is 2. The Morgan fingerprint density at radius 1 is 1.16 bits per heavy atom. The number of aromatic nitrogens is 1. The molecule has 3 N–H and O–H groups in total. The van der Waals surface area contributed by atoms with Gasteiger partial charge in [0.05, 0.1) is 0 Å². The Bertz CT molecular complexity index is 547. The Morgan fingerprint density at radius 3 is 2.58 bits per heavy atom. The van der Waals surface area contributed by atoms with E-state index in [1.165, 1.54) is 12.8 Å². The highest BCUT2D eigenvalue weighted by Crippen LogP contribution is 2.29. The first kappa shape index (κ1) is 13.7. The lowest BCUT2D eigenvalue weighted by atomic mass is 9.95. The third kappa shape index (κ3) is 2.80. The SMILES string of the molecule is CCC(CC)C(C)Nc1ccc(N)c2cnccc12. The molecule has 1 atom stereocenters. The standard InChI is InChI=1S/C16H23N3/c1-4-12(5-2)11(3)19-16-7-6-15(17)14-10-18-9-8-13(14)16/h6-12,19H,4-5,17H2,1-3H3. The molecule has 1 aromatic heterocycles. The van der Waals surface area contributed by atoms with E-state index in [4.69, 9.17) is 5.73 Å². The molecular weight excluding hydrogens is 234 g/mol. The summed E-state index contributed by atoms with van der Waals surface area (Å²) in [5.74, 6) is 0.689. The fraction of sp³-hybridized carbons (Fsp3) is 0.438. The molecule has 19 heavy (non-hydrogen) atoms. The molecule has 0 aliphatic heterocycles. The minimum absolute atomic E-state index is 0.454. The van der Waals surface area contributed by atoms with Gasteiger partial charge in [-0.15, -0.1) is 0 Å². The summed E-state index contributed by atoms with van der Waals surface area (Å²) in [6, 6.07) is 6.49. The molecule has 0 radical (unpaired) electrons. The highest BCUT2D eigenvalue weighted by atomic mass is 14.9. The van der Waals surface area contributed by atoms with Gasteiger partial charge in [0.15, 0.2) is 0 Å². The normalized spacial score (nSPS) is 12.8. The van der Waals surface area contributed by atoms with Gasteiger partial charge in [0.2, 0.25) is 0 Å². The number of rotatable bonds is 5. The molecule has 2 aromatic rings. The molecule has 0 aliphatic rings. The highest BCUT2D eigenvalue weighted by Gasteiger charge is 2.14. The second kappa shape index (κ2) is 5.91. The van der Waals surface area contributed by atoms with Crippen molar-refractivity contribution in [3.05, 3.63) is 30.6 Å². The molecule has 1 heterocycles. The van der Waals surface area contributed by atoms with E-state index >= 15 is 0 Å². The van der Waals surface area contributed by atoms with Crippen LogP contribution in [0.2, 0.25) is 0 Å². The van der Waals surface area contributed by atoms with Crippen LogP contribution in [-0.2, 0) is 0 Å². The van der Waals surface area contributed by atoms with E-state index in [0.717, 1.165) is 22.1 Å². The van der Waals surface area contributed by atoms with E-state index in [1.807, 2.05) is 24.5 Å². The van der Waals surface area contributed by atoms with Crippen LogP contribution in [0.4, 0.5) is 11.4 Å². The Balaban J connectivity index is 2.33. The highest BCUT2D eigenvalue weighted by molar-refractivity contribution is 6.00. The molecule has 3 nitrogen and oxygen atoms in total. The maximum atomic E-state index is 6.00. The van der Waals surface area contributed by atoms with Crippen LogP contribution in [0, 0.1) is 5.92 Å². The van der Waals surface area contributed by atoms with Crippen molar-refractivity contribution >= 4 is 22.1 Å². The molecule has 1 aromatic carbocycles. The van der Waals surface area contributed by atoms with Gasteiger partial charge in [-0.2, -0.15) is 0 Å². The lowest BCUT2D eigenvalue weighted by Gasteiger charge is -2.24. The lowest BCUT2D eigenvalue weighted by molar-refractivity contribution is 0.438. The average Bonchev–Trinajstić information content (AvgIpc) is 2.44. The number of anilines is 2. The zero-order valence-electron chi connectivity index (χ0n) is 12.0. The summed E-state index contributed by atoms with van der Waals surface area (Å²) in [6.07, 6.45) is 6.03. The Kier molecular flexibility index (Phi) is 4.25. The first-order valence-electron chi connectivity index (χ1n) is 7.06. The van der Waals surface area contributed by atoms with E-state index in [1.54, 1.807) is 0 Å². The Morgan fingerprint density at radius 2 is 1.89 bits per heavy atom. The van der Waals surface area contributed by atoms with Crippen LogP contribution in [0.1, 0.15) is 33.6 Å². The molecule has 1 unspecified atom stereocenters. The van der Waals surface area contributed by atoms with Crippen LogP contribution >= 0.6 is 0 Å². The van der Waals surface area contributed by atoms with Crippen molar-refractivity contribution in [2.24, 2.45) is 5.92 Å². The maximum absolute atomic E-state index is 6.00. The molecule has 102 valence electrons. The van der Waals surface area contributed by atoms with Crippen molar-refractivity contribution in [3.63, 3.8) is 0 Å². The van der Waals surface area contributed by atoms with Gasteiger partial charge in [-0.05, 0) is 31.0 Å². The van der Waals surface area contributed by atoms with Gasteiger partial charge in [-0.25, -0.2) is 0 Å². The topological polar surface area (TPSA) is 50.9 Å². The van der Waals surface area contributed by atoms with E-state index in [0.29, 0.717) is 12.0 Å². The third-order valence-corrected chi connectivity index (χ3v) is 3.99. The van der Waals surface area contributed by atoms with Gasteiger partial charge in [0, 0.05) is 40.6 Å². The quantitative estimate of drug-likeness (QED) is 0.794. The maximum Gasteiger partial charge on any atom is 0.0424 e.